The topological polar surface area (TPSA) is 60.2 Å². The Morgan fingerprint density at radius 1 is 1.12 bits per heavy atom. The second-order valence-corrected chi connectivity index (χ2v) is 9.02. The average molecular weight is 376 g/mol. The average Bonchev–Trinajstić information content (AvgIpc) is 3.19. The Morgan fingerprint density at radius 3 is 2.60 bits per heavy atom. The molecule has 0 aliphatic heterocycles. The second-order valence-electron chi connectivity index (χ2n) is 6.63. The molecule has 1 saturated carbocycles. The fourth-order valence-electron chi connectivity index (χ4n) is 3.75. The molecular weight excluding hydrogens is 358 g/mol. The van der Waals surface area contributed by atoms with Crippen molar-refractivity contribution in [2.24, 2.45) is 0 Å². The summed E-state index contributed by atoms with van der Waals surface area (Å²) in [6.45, 7) is 0. The van der Waals surface area contributed by atoms with Gasteiger partial charge >= 0.3 is 0 Å². The molecule has 6 heteroatoms. The van der Waals surface area contributed by atoms with Crippen LogP contribution < -0.4 is 0 Å². The number of sulfone groups is 1. The minimum absolute atomic E-state index is 0.175. The number of fused-ring (bicyclic) bond motifs is 1. The Labute approximate surface area is 151 Å². The van der Waals surface area contributed by atoms with Crippen LogP contribution in [-0.2, 0) is 9.84 Å². The maximum atomic E-state index is 11.8. The van der Waals surface area contributed by atoms with Crippen LogP contribution >= 0.6 is 11.6 Å². The van der Waals surface area contributed by atoms with E-state index in [2.05, 4.69) is 4.98 Å². The highest BCUT2D eigenvalue weighted by molar-refractivity contribution is 7.90. The number of hydrogen-bond acceptors (Lipinski definition) is 4. The van der Waals surface area contributed by atoms with E-state index in [1.165, 1.54) is 6.26 Å². The molecule has 4 rings (SSSR count). The van der Waals surface area contributed by atoms with Gasteiger partial charge in [-0.3, -0.25) is 0 Å². The molecule has 25 heavy (non-hydrogen) atoms. The number of aromatic nitrogens is 1. The second kappa shape index (κ2) is 6.15. The predicted molar refractivity (Wildman–Crippen MR) is 97.9 cm³/mol. The van der Waals surface area contributed by atoms with Crippen LogP contribution in [0.5, 0.6) is 0 Å². The van der Waals surface area contributed by atoms with E-state index in [-0.39, 0.29) is 21.8 Å². The summed E-state index contributed by atoms with van der Waals surface area (Å²) < 4.78 is 29.5. The molecule has 1 heterocycles. The van der Waals surface area contributed by atoms with E-state index in [0.29, 0.717) is 0 Å². The van der Waals surface area contributed by atoms with Gasteiger partial charge in [0.2, 0.25) is 0 Å². The van der Waals surface area contributed by atoms with Crippen molar-refractivity contribution in [3.05, 3.63) is 58.9 Å². The molecular formula is C19H18ClNO3S. The van der Waals surface area contributed by atoms with E-state index in [0.717, 1.165) is 41.8 Å². The van der Waals surface area contributed by atoms with Gasteiger partial charge in [-0.15, -0.1) is 0 Å². The number of rotatable bonds is 3. The first-order chi connectivity index (χ1) is 11.9. The van der Waals surface area contributed by atoms with Gasteiger partial charge in [0, 0.05) is 12.2 Å². The summed E-state index contributed by atoms with van der Waals surface area (Å²) in [5.74, 6) is 1.18. The highest BCUT2D eigenvalue weighted by atomic mass is 35.5. The quantitative estimate of drug-likeness (QED) is 0.650. The predicted octanol–water partition coefficient (Wildman–Crippen LogP) is 4.94. The number of oxazole rings is 1. The van der Waals surface area contributed by atoms with Crippen LogP contribution in [0.25, 0.3) is 11.1 Å². The summed E-state index contributed by atoms with van der Waals surface area (Å²) >= 11 is 6.23. The highest BCUT2D eigenvalue weighted by Crippen LogP contribution is 2.46. The minimum atomic E-state index is -3.32. The Hall–Kier alpha value is -1.85. The van der Waals surface area contributed by atoms with Crippen LogP contribution in [0.15, 0.2) is 51.8 Å². The van der Waals surface area contributed by atoms with Crippen molar-refractivity contribution in [1.82, 2.24) is 4.98 Å². The van der Waals surface area contributed by atoms with Crippen LogP contribution in [0.3, 0.4) is 0 Å². The lowest BCUT2D eigenvalue weighted by Gasteiger charge is -2.18. The van der Waals surface area contributed by atoms with Crippen molar-refractivity contribution in [2.75, 3.05) is 6.26 Å². The summed E-state index contributed by atoms with van der Waals surface area (Å²) in [6.07, 6.45) is 4.27. The Bertz CT molecular complexity index is 1010. The van der Waals surface area contributed by atoms with Gasteiger partial charge in [0.1, 0.15) is 5.52 Å². The molecule has 2 atom stereocenters. The maximum Gasteiger partial charge on any atom is 0.199 e. The van der Waals surface area contributed by atoms with E-state index >= 15 is 0 Å². The minimum Gasteiger partial charge on any atom is -0.440 e. The molecule has 0 N–H and O–H groups in total. The lowest BCUT2D eigenvalue weighted by atomic mass is 9.89. The van der Waals surface area contributed by atoms with E-state index in [4.69, 9.17) is 16.0 Å². The van der Waals surface area contributed by atoms with Gasteiger partial charge in [-0.05, 0) is 48.6 Å². The lowest BCUT2D eigenvalue weighted by molar-refractivity contribution is 0.450. The molecule has 1 aromatic heterocycles. The van der Waals surface area contributed by atoms with Gasteiger partial charge in [0.05, 0.1) is 9.92 Å². The zero-order valence-electron chi connectivity index (χ0n) is 13.8. The fourth-order valence-corrected chi connectivity index (χ4v) is 5.09. The Balaban J connectivity index is 1.71. The standard InChI is InChI=1S/C19H18ClNO3S/c1-25(22,23)18-10-9-12(11-15(18)20)13-5-4-6-14(13)19-21-16-7-2-3-8-17(16)24-19/h2-3,7-11,13-14H,4-6H2,1H3. The molecule has 130 valence electrons. The molecule has 1 aliphatic rings. The summed E-state index contributed by atoms with van der Waals surface area (Å²) in [4.78, 5) is 4.83. The lowest BCUT2D eigenvalue weighted by Crippen LogP contribution is -2.06. The molecule has 3 aromatic rings. The molecule has 0 saturated heterocycles. The summed E-state index contributed by atoms with van der Waals surface area (Å²) in [7, 11) is -3.32. The van der Waals surface area contributed by atoms with Crippen LogP contribution in [0.4, 0.5) is 0 Å². The molecule has 0 amide bonds. The van der Waals surface area contributed by atoms with Crippen LogP contribution in [0.2, 0.25) is 5.02 Å². The molecule has 0 bridgehead atoms. The zero-order valence-corrected chi connectivity index (χ0v) is 15.3. The molecule has 1 fully saturated rings. The van der Waals surface area contributed by atoms with Gasteiger partial charge in [-0.2, -0.15) is 0 Å². The number of halogens is 1. The van der Waals surface area contributed by atoms with Crippen molar-refractivity contribution in [3.8, 4) is 0 Å². The van der Waals surface area contributed by atoms with Crippen molar-refractivity contribution >= 4 is 32.5 Å². The number of para-hydroxylation sites is 2. The van der Waals surface area contributed by atoms with Crippen LogP contribution in [0, 0.1) is 0 Å². The molecule has 2 unspecified atom stereocenters. The first kappa shape index (κ1) is 16.6. The largest absolute Gasteiger partial charge is 0.440 e. The van der Waals surface area contributed by atoms with Crippen molar-refractivity contribution < 1.29 is 12.8 Å². The molecule has 2 aromatic carbocycles. The first-order valence-electron chi connectivity index (χ1n) is 8.28. The van der Waals surface area contributed by atoms with E-state index in [1.807, 2.05) is 30.3 Å². The molecule has 1 aliphatic carbocycles. The summed E-state index contributed by atoms with van der Waals surface area (Å²) in [5.41, 5.74) is 2.71. The van der Waals surface area contributed by atoms with Crippen LogP contribution in [-0.4, -0.2) is 19.7 Å². The summed E-state index contributed by atoms with van der Waals surface area (Å²) in [6, 6.07) is 13.0. The Kier molecular flexibility index (Phi) is 4.08. The monoisotopic (exact) mass is 375 g/mol. The van der Waals surface area contributed by atoms with Gasteiger partial charge < -0.3 is 4.42 Å². The van der Waals surface area contributed by atoms with E-state index in [1.54, 1.807) is 12.1 Å². The third kappa shape index (κ3) is 3.07. The Morgan fingerprint density at radius 2 is 1.88 bits per heavy atom. The van der Waals surface area contributed by atoms with Crippen molar-refractivity contribution in [3.63, 3.8) is 0 Å². The molecule has 0 spiro atoms. The van der Waals surface area contributed by atoms with Crippen molar-refractivity contribution in [1.29, 1.82) is 0 Å². The summed E-state index contributed by atoms with van der Waals surface area (Å²) in [5, 5.41) is 0.281. The SMILES string of the molecule is CS(=O)(=O)c1ccc(C2CCCC2c2nc3ccccc3o2)cc1Cl. The third-order valence-corrected chi connectivity index (χ3v) is 6.51. The molecule has 4 nitrogen and oxygen atoms in total. The maximum absolute atomic E-state index is 11.8. The van der Waals surface area contributed by atoms with Crippen LogP contribution in [0.1, 0.15) is 42.6 Å². The number of hydrogen-bond donors (Lipinski definition) is 0. The number of benzene rings is 2. The number of nitrogens with zero attached hydrogens (tertiary/aromatic N) is 1. The third-order valence-electron chi connectivity index (χ3n) is 4.93. The molecule has 0 radical (unpaired) electrons. The van der Waals surface area contributed by atoms with E-state index < -0.39 is 9.84 Å². The smallest absolute Gasteiger partial charge is 0.199 e. The zero-order chi connectivity index (χ0) is 17.6. The first-order valence-corrected chi connectivity index (χ1v) is 10.6. The highest BCUT2D eigenvalue weighted by Gasteiger charge is 2.34. The van der Waals surface area contributed by atoms with Gasteiger partial charge in [-0.25, -0.2) is 13.4 Å². The van der Waals surface area contributed by atoms with E-state index in [9.17, 15) is 8.42 Å². The fraction of sp³-hybridized carbons (Fsp3) is 0.316. The van der Waals surface area contributed by atoms with Crippen molar-refractivity contribution in [2.45, 2.75) is 36.0 Å². The van der Waals surface area contributed by atoms with Gasteiger partial charge in [0.25, 0.3) is 0 Å². The van der Waals surface area contributed by atoms with Gasteiger partial charge in [-0.1, -0.05) is 36.2 Å². The normalized spacial score (nSPS) is 21.0. The van der Waals surface area contributed by atoms with Gasteiger partial charge in [0.15, 0.2) is 21.3 Å².